The Morgan fingerprint density at radius 3 is 2.00 bits per heavy atom. The molecule has 0 bridgehead atoms. The highest BCUT2D eigenvalue weighted by Crippen LogP contribution is 2.00. The van der Waals surface area contributed by atoms with Crippen molar-refractivity contribution in [3.05, 3.63) is 0 Å². The lowest BCUT2D eigenvalue weighted by molar-refractivity contribution is -0.0393. The second-order valence-electron chi connectivity index (χ2n) is 2.57. The number of nitrogens with one attached hydrogen (secondary N) is 1. The Balaban J connectivity index is 4.30. The Bertz CT molecular complexity index is 235. The molecule has 2 atom stereocenters. The highest BCUT2D eigenvalue weighted by Gasteiger charge is 2.27. The fourth-order valence-electron chi connectivity index (χ4n) is 0.746. The van der Waals surface area contributed by atoms with Gasteiger partial charge in [-0.15, -0.1) is 0 Å². The molecule has 5 N–H and O–H groups in total. The fourth-order valence-corrected chi connectivity index (χ4v) is 1.55. The molecule has 0 heterocycles. The van der Waals surface area contributed by atoms with Gasteiger partial charge in [0.05, 0.1) is 6.10 Å². The standard InChI is InChI=1S/C5H13NO6S/c1-3(7)5(13(10,11)12)6-2-4(8)9/h3-9H,2H2,1H3,(H,10,11,12). The Hall–Kier alpha value is -0.250. The van der Waals surface area contributed by atoms with Gasteiger partial charge >= 0.3 is 0 Å². The minimum Gasteiger partial charge on any atom is -0.391 e. The summed E-state index contributed by atoms with van der Waals surface area (Å²) in [5, 5.41) is 26.1. The zero-order chi connectivity index (χ0) is 10.6. The lowest BCUT2D eigenvalue weighted by atomic mass is 10.4. The fraction of sp³-hybridized carbons (Fsp3) is 1.00. The van der Waals surface area contributed by atoms with Gasteiger partial charge in [-0.25, -0.2) is 0 Å². The summed E-state index contributed by atoms with van der Waals surface area (Å²) in [6, 6.07) is 0. The Labute approximate surface area is 75.8 Å². The number of hydrogen-bond donors (Lipinski definition) is 5. The van der Waals surface area contributed by atoms with Crippen LogP contribution in [0, 0.1) is 0 Å². The monoisotopic (exact) mass is 215 g/mol. The minimum absolute atomic E-state index is 0.463. The van der Waals surface area contributed by atoms with E-state index < -0.39 is 34.4 Å². The maximum Gasteiger partial charge on any atom is 0.283 e. The van der Waals surface area contributed by atoms with Crippen molar-refractivity contribution in [3.8, 4) is 0 Å². The SMILES string of the molecule is CC(O)C(NCC(O)O)S(=O)(=O)O. The van der Waals surface area contributed by atoms with Crippen LogP contribution in [0.4, 0.5) is 0 Å². The predicted molar refractivity (Wildman–Crippen MR) is 43.2 cm³/mol. The first kappa shape index (κ1) is 12.8. The van der Waals surface area contributed by atoms with Crippen LogP contribution in [0.25, 0.3) is 0 Å². The van der Waals surface area contributed by atoms with E-state index in [-0.39, 0.29) is 0 Å². The van der Waals surface area contributed by atoms with E-state index in [1.165, 1.54) is 0 Å². The van der Waals surface area contributed by atoms with Crippen LogP contribution >= 0.6 is 0 Å². The van der Waals surface area contributed by atoms with Crippen molar-refractivity contribution in [2.75, 3.05) is 6.54 Å². The summed E-state index contributed by atoms with van der Waals surface area (Å²) in [6.45, 7) is 0.685. The average Bonchev–Trinajstić information content (AvgIpc) is 1.81. The molecular weight excluding hydrogens is 202 g/mol. The molecule has 0 fully saturated rings. The molecule has 0 rings (SSSR count). The smallest absolute Gasteiger partial charge is 0.283 e. The van der Waals surface area contributed by atoms with E-state index >= 15 is 0 Å². The summed E-state index contributed by atoms with van der Waals surface area (Å²) in [4.78, 5) is 0. The molecule has 8 heteroatoms. The lowest BCUT2D eigenvalue weighted by Gasteiger charge is -2.18. The quantitative estimate of drug-likeness (QED) is 0.253. The molecule has 0 saturated carbocycles. The number of rotatable bonds is 5. The van der Waals surface area contributed by atoms with Gasteiger partial charge in [-0.1, -0.05) is 0 Å². The first-order valence-electron chi connectivity index (χ1n) is 3.49. The summed E-state index contributed by atoms with van der Waals surface area (Å²) in [5.41, 5.74) is 0. The van der Waals surface area contributed by atoms with Crippen LogP contribution in [-0.4, -0.2) is 52.6 Å². The van der Waals surface area contributed by atoms with Gasteiger partial charge in [0, 0.05) is 6.54 Å². The zero-order valence-electron chi connectivity index (χ0n) is 6.95. The topological polar surface area (TPSA) is 127 Å². The van der Waals surface area contributed by atoms with E-state index in [0.717, 1.165) is 6.92 Å². The summed E-state index contributed by atoms with van der Waals surface area (Å²) in [6.07, 6.45) is -3.10. The number of hydrogen-bond acceptors (Lipinski definition) is 6. The van der Waals surface area contributed by atoms with Crippen LogP contribution in [-0.2, 0) is 10.1 Å². The molecule has 2 unspecified atom stereocenters. The molecule has 13 heavy (non-hydrogen) atoms. The van der Waals surface area contributed by atoms with Crippen LogP contribution < -0.4 is 5.32 Å². The third-order valence-electron chi connectivity index (χ3n) is 1.26. The number of aliphatic hydroxyl groups excluding tert-OH is 2. The van der Waals surface area contributed by atoms with Gasteiger partial charge in [0.2, 0.25) is 0 Å². The normalized spacial score (nSPS) is 17.4. The molecular formula is C5H13NO6S. The van der Waals surface area contributed by atoms with Crippen molar-refractivity contribution in [1.82, 2.24) is 5.32 Å². The Morgan fingerprint density at radius 1 is 1.31 bits per heavy atom. The van der Waals surface area contributed by atoms with Crippen molar-refractivity contribution < 1.29 is 28.3 Å². The van der Waals surface area contributed by atoms with Crippen LogP contribution in [0.2, 0.25) is 0 Å². The molecule has 0 aliphatic carbocycles. The summed E-state index contributed by atoms with van der Waals surface area (Å²) >= 11 is 0. The molecule has 0 aromatic carbocycles. The van der Waals surface area contributed by atoms with E-state index in [2.05, 4.69) is 5.32 Å². The molecule has 0 amide bonds. The van der Waals surface area contributed by atoms with E-state index in [9.17, 15) is 8.42 Å². The third-order valence-corrected chi connectivity index (χ3v) is 2.46. The second kappa shape index (κ2) is 4.84. The van der Waals surface area contributed by atoms with Gasteiger partial charge in [0.25, 0.3) is 10.1 Å². The molecule has 0 aliphatic rings. The Kier molecular flexibility index (Phi) is 4.75. The van der Waals surface area contributed by atoms with E-state index in [0.29, 0.717) is 0 Å². The van der Waals surface area contributed by atoms with Crippen molar-refractivity contribution in [3.63, 3.8) is 0 Å². The first-order chi connectivity index (χ1) is 5.75. The maximum absolute atomic E-state index is 10.6. The van der Waals surface area contributed by atoms with Gasteiger partial charge in [-0.05, 0) is 6.92 Å². The summed E-state index contributed by atoms with van der Waals surface area (Å²) in [7, 11) is -4.44. The Morgan fingerprint density at radius 2 is 1.77 bits per heavy atom. The van der Waals surface area contributed by atoms with Crippen molar-refractivity contribution in [2.45, 2.75) is 24.7 Å². The summed E-state index contributed by atoms with van der Waals surface area (Å²) in [5.74, 6) is 0. The molecule has 0 radical (unpaired) electrons. The van der Waals surface area contributed by atoms with Gasteiger partial charge in [-0.3, -0.25) is 9.87 Å². The third kappa shape index (κ3) is 5.13. The first-order valence-corrected chi connectivity index (χ1v) is 4.99. The van der Waals surface area contributed by atoms with Crippen molar-refractivity contribution in [2.24, 2.45) is 0 Å². The van der Waals surface area contributed by atoms with Crippen LogP contribution in [0.3, 0.4) is 0 Å². The molecule has 7 nitrogen and oxygen atoms in total. The molecule has 0 aromatic heterocycles. The lowest BCUT2D eigenvalue weighted by Crippen LogP contribution is -2.47. The number of aliphatic hydroxyl groups is 3. The molecule has 0 saturated heterocycles. The highest BCUT2D eigenvalue weighted by atomic mass is 32.2. The average molecular weight is 215 g/mol. The predicted octanol–water partition coefficient (Wildman–Crippen LogP) is -2.52. The van der Waals surface area contributed by atoms with Gasteiger partial charge < -0.3 is 15.3 Å². The molecule has 80 valence electrons. The van der Waals surface area contributed by atoms with Crippen molar-refractivity contribution in [1.29, 1.82) is 0 Å². The van der Waals surface area contributed by atoms with Crippen LogP contribution in [0.15, 0.2) is 0 Å². The molecule has 0 aliphatic heterocycles. The van der Waals surface area contributed by atoms with Gasteiger partial charge in [0.15, 0.2) is 11.7 Å². The largest absolute Gasteiger partial charge is 0.391 e. The summed E-state index contributed by atoms with van der Waals surface area (Å²) < 4.78 is 29.7. The van der Waals surface area contributed by atoms with E-state index in [1.54, 1.807) is 0 Å². The maximum atomic E-state index is 10.6. The van der Waals surface area contributed by atoms with Crippen LogP contribution in [0.5, 0.6) is 0 Å². The highest BCUT2D eigenvalue weighted by molar-refractivity contribution is 7.86. The van der Waals surface area contributed by atoms with E-state index in [1.807, 2.05) is 0 Å². The van der Waals surface area contributed by atoms with Gasteiger partial charge in [-0.2, -0.15) is 8.42 Å². The van der Waals surface area contributed by atoms with E-state index in [4.69, 9.17) is 19.9 Å². The minimum atomic E-state index is -4.44. The molecule has 0 spiro atoms. The van der Waals surface area contributed by atoms with Crippen molar-refractivity contribution >= 4 is 10.1 Å². The second-order valence-corrected chi connectivity index (χ2v) is 4.10. The molecule has 0 aromatic rings. The van der Waals surface area contributed by atoms with Gasteiger partial charge in [0.1, 0.15) is 0 Å². The zero-order valence-corrected chi connectivity index (χ0v) is 7.77. The van der Waals surface area contributed by atoms with Crippen LogP contribution in [0.1, 0.15) is 6.92 Å².